The van der Waals surface area contributed by atoms with E-state index in [9.17, 15) is 13.2 Å². The summed E-state index contributed by atoms with van der Waals surface area (Å²) in [7, 11) is 0. The van der Waals surface area contributed by atoms with Crippen molar-refractivity contribution in [3.63, 3.8) is 0 Å². The average molecular weight is 276 g/mol. The minimum atomic E-state index is -0.674. The molecule has 0 fully saturated rings. The van der Waals surface area contributed by atoms with Crippen LogP contribution in [0.25, 0.3) is 0 Å². The molecule has 0 aliphatic rings. The van der Waals surface area contributed by atoms with Gasteiger partial charge in [0, 0.05) is 29.4 Å². The lowest BCUT2D eigenvalue weighted by atomic mass is 10.1. The fourth-order valence-electron chi connectivity index (χ4n) is 1.78. The second-order valence-corrected chi connectivity index (χ2v) is 4.33. The number of rotatable bonds is 3. The minimum Gasteiger partial charge on any atom is -0.381 e. The minimum absolute atomic E-state index is 0.0707. The van der Waals surface area contributed by atoms with Gasteiger partial charge in [-0.2, -0.15) is 5.26 Å². The predicted octanol–water partition coefficient (Wildman–Crippen LogP) is 3.90. The molecule has 0 saturated carbocycles. The van der Waals surface area contributed by atoms with Crippen molar-refractivity contribution in [1.82, 2.24) is 0 Å². The lowest BCUT2D eigenvalue weighted by Gasteiger charge is -2.11. The molecule has 0 aliphatic carbocycles. The van der Waals surface area contributed by atoms with Crippen LogP contribution in [0.4, 0.5) is 18.9 Å². The van der Waals surface area contributed by atoms with Crippen LogP contribution in [-0.4, -0.2) is 0 Å². The molecular weight excluding hydrogens is 265 g/mol. The summed E-state index contributed by atoms with van der Waals surface area (Å²) in [5.41, 5.74) is 1.18. The van der Waals surface area contributed by atoms with E-state index in [0.29, 0.717) is 11.3 Å². The molecule has 0 aliphatic heterocycles. The van der Waals surface area contributed by atoms with Crippen LogP contribution in [0.3, 0.4) is 0 Å². The van der Waals surface area contributed by atoms with Gasteiger partial charge in [-0.25, -0.2) is 13.2 Å². The normalized spacial score (nSPS) is 10.2. The van der Waals surface area contributed by atoms with E-state index in [1.165, 1.54) is 12.1 Å². The van der Waals surface area contributed by atoms with Gasteiger partial charge in [0.05, 0.1) is 11.6 Å². The first-order valence-corrected chi connectivity index (χ1v) is 5.89. The number of nitrogens with zero attached hydrogens (tertiary/aromatic N) is 1. The average Bonchev–Trinajstić information content (AvgIpc) is 2.41. The highest BCUT2D eigenvalue weighted by Gasteiger charge is 2.08. The maximum absolute atomic E-state index is 13.6. The molecule has 0 unspecified atom stereocenters. The molecule has 2 rings (SSSR count). The van der Waals surface area contributed by atoms with Crippen molar-refractivity contribution in [2.75, 3.05) is 5.32 Å². The third kappa shape index (κ3) is 2.91. The first-order chi connectivity index (χ1) is 9.51. The Morgan fingerprint density at radius 3 is 2.50 bits per heavy atom. The van der Waals surface area contributed by atoms with Crippen molar-refractivity contribution in [1.29, 1.82) is 5.26 Å². The molecule has 0 amide bonds. The zero-order valence-electron chi connectivity index (χ0n) is 10.7. The molecule has 20 heavy (non-hydrogen) atoms. The van der Waals surface area contributed by atoms with Gasteiger partial charge < -0.3 is 5.32 Å². The molecule has 0 saturated heterocycles. The highest BCUT2D eigenvalue weighted by atomic mass is 19.1. The summed E-state index contributed by atoms with van der Waals surface area (Å²) in [5, 5.41) is 11.6. The van der Waals surface area contributed by atoms with Gasteiger partial charge in [-0.15, -0.1) is 0 Å². The molecule has 5 heteroatoms. The van der Waals surface area contributed by atoms with Crippen LogP contribution in [0.5, 0.6) is 0 Å². The molecule has 0 atom stereocenters. The van der Waals surface area contributed by atoms with Crippen LogP contribution in [0.15, 0.2) is 30.3 Å². The van der Waals surface area contributed by atoms with Gasteiger partial charge in [-0.3, -0.25) is 0 Å². The van der Waals surface area contributed by atoms with E-state index in [2.05, 4.69) is 5.32 Å². The van der Waals surface area contributed by atoms with Gasteiger partial charge in [0.1, 0.15) is 17.5 Å². The van der Waals surface area contributed by atoms with Gasteiger partial charge in [0.15, 0.2) is 0 Å². The molecule has 0 heterocycles. The maximum atomic E-state index is 13.6. The molecule has 2 aromatic rings. The fourth-order valence-corrected chi connectivity index (χ4v) is 1.78. The molecule has 2 aromatic carbocycles. The Morgan fingerprint density at radius 2 is 1.85 bits per heavy atom. The van der Waals surface area contributed by atoms with E-state index in [1.54, 1.807) is 6.92 Å². The third-order valence-electron chi connectivity index (χ3n) is 2.96. The smallest absolute Gasteiger partial charge is 0.131 e. The predicted molar refractivity (Wildman–Crippen MR) is 69.5 cm³/mol. The van der Waals surface area contributed by atoms with Gasteiger partial charge >= 0.3 is 0 Å². The second-order valence-electron chi connectivity index (χ2n) is 4.33. The van der Waals surface area contributed by atoms with E-state index in [4.69, 9.17) is 5.26 Å². The van der Waals surface area contributed by atoms with Crippen molar-refractivity contribution in [2.45, 2.75) is 13.5 Å². The zero-order valence-corrected chi connectivity index (χ0v) is 10.7. The van der Waals surface area contributed by atoms with Crippen molar-refractivity contribution in [3.8, 4) is 6.07 Å². The van der Waals surface area contributed by atoms with Crippen LogP contribution in [0, 0.1) is 35.7 Å². The summed E-state index contributed by atoms with van der Waals surface area (Å²) in [6.07, 6.45) is 0. The molecule has 0 spiro atoms. The fraction of sp³-hybridized carbons (Fsp3) is 0.133. The molecule has 1 N–H and O–H groups in total. The van der Waals surface area contributed by atoms with E-state index in [0.717, 1.165) is 18.2 Å². The molecule has 0 aromatic heterocycles. The molecule has 0 bridgehead atoms. The first kappa shape index (κ1) is 13.9. The van der Waals surface area contributed by atoms with E-state index >= 15 is 0 Å². The van der Waals surface area contributed by atoms with Gasteiger partial charge in [-0.1, -0.05) is 6.07 Å². The van der Waals surface area contributed by atoms with Crippen LogP contribution in [0.1, 0.15) is 16.7 Å². The standard InChI is InChI=1S/C15H11F3N2/c1-9-13(17)4-10(7-19)5-15(9)20-8-11-2-3-12(16)6-14(11)18/h2-6,20H,8H2,1H3. The topological polar surface area (TPSA) is 35.8 Å². The Kier molecular flexibility index (Phi) is 3.94. The maximum Gasteiger partial charge on any atom is 0.131 e. The second kappa shape index (κ2) is 5.66. The summed E-state index contributed by atoms with van der Waals surface area (Å²) < 4.78 is 39.8. The highest BCUT2D eigenvalue weighted by Crippen LogP contribution is 2.21. The largest absolute Gasteiger partial charge is 0.381 e. The Labute approximate surface area is 114 Å². The Bertz CT molecular complexity index is 690. The number of anilines is 1. The van der Waals surface area contributed by atoms with E-state index in [-0.39, 0.29) is 17.7 Å². The molecular formula is C15H11F3N2. The summed E-state index contributed by atoms with van der Waals surface area (Å²) in [6, 6.07) is 7.73. The van der Waals surface area contributed by atoms with Crippen molar-refractivity contribution in [2.24, 2.45) is 0 Å². The van der Waals surface area contributed by atoms with Crippen molar-refractivity contribution < 1.29 is 13.2 Å². The van der Waals surface area contributed by atoms with Crippen LogP contribution in [0.2, 0.25) is 0 Å². The van der Waals surface area contributed by atoms with E-state index < -0.39 is 17.5 Å². The van der Waals surface area contributed by atoms with Crippen LogP contribution >= 0.6 is 0 Å². The quantitative estimate of drug-likeness (QED) is 0.923. The highest BCUT2D eigenvalue weighted by molar-refractivity contribution is 5.56. The summed E-state index contributed by atoms with van der Waals surface area (Å²) >= 11 is 0. The first-order valence-electron chi connectivity index (χ1n) is 5.89. The lowest BCUT2D eigenvalue weighted by Crippen LogP contribution is -2.05. The number of benzene rings is 2. The Morgan fingerprint density at radius 1 is 1.10 bits per heavy atom. The number of nitrogens with one attached hydrogen (secondary N) is 1. The Balaban J connectivity index is 2.23. The molecule has 102 valence electrons. The SMILES string of the molecule is Cc1c(F)cc(C#N)cc1NCc1ccc(F)cc1F. The number of hydrogen-bond acceptors (Lipinski definition) is 2. The van der Waals surface area contributed by atoms with Crippen molar-refractivity contribution >= 4 is 5.69 Å². The molecule has 0 radical (unpaired) electrons. The number of hydrogen-bond donors (Lipinski definition) is 1. The summed E-state index contributed by atoms with van der Waals surface area (Å²) in [5.74, 6) is -1.84. The van der Waals surface area contributed by atoms with Crippen LogP contribution in [-0.2, 0) is 6.54 Å². The number of halogens is 3. The van der Waals surface area contributed by atoms with Crippen LogP contribution < -0.4 is 5.32 Å². The van der Waals surface area contributed by atoms with Gasteiger partial charge in [-0.05, 0) is 25.1 Å². The van der Waals surface area contributed by atoms with Crippen molar-refractivity contribution in [3.05, 3.63) is 64.5 Å². The van der Waals surface area contributed by atoms with E-state index in [1.807, 2.05) is 6.07 Å². The monoisotopic (exact) mass is 276 g/mol. The zero-order chi connectivity index (χ0) is 14.7. The summed E-state index contributed by atoms with van der Waals surface area (Å²) in [4.78, 5) is 0. The molecule has 2 nitrogen and oxygen atoms in total. The number of nitriles is 1. The summed E-state index contributed by atoms with van der Waals surface area (Å²) in [6.45, 7) is 1.63. The Hall–Kier alpha value is -2.48. The van der Waals surface area contributed by atoms with Gasteiger partial charge in [0.25, 0.3) is 0 Å². The third-order valence-corrected chi connectivity index (χ3v) is 2.96. The lowest BCUT2D eigenvalue weighted by molar-refractivity contribution is 0.574. The van der Waals surface area contributed by atoms with Gasteiger partial charge in [0.2, 0.25) is 0 Å².